The van der Waals surface area contributed by atoms with Crippen molar-refractivity contribution < 1.29 is 32.5 Å². The van der Waals surface area contributed by atoms with Crippen molar-refractivity contribution in [1.82, 2.24) is 0 Å². The first-order valence-electron chi connectivity index (χ1n) is 6.60. The van der Waals surface area contributed by atoms with Crippen molar-refractivity contribution in [3.05, 3.63) is 23.8 Å². The second-order valence-corrected chi connectivity index (χ2v) is 4.24. The first-order valence-corrected chi connectivity index (χ1v) is 6.60. The van der Waals surface area contributed by atoms with E-state index in [1.54, 1.807) is 18.2 Å². The summed E-state index contributed by atoms with van der Waals surface area (Å²) in [6, 6.07) is 5.02. The average molecular weight is 308 g/mol. The van der Waals surface area contributed by atoms with E-state index < -0.39 is 12.8 Å². The molecular weight excluding hydrogens is 289 g/mol. The molecular formula is C14H19F3O4. The third-order valence-corrected chi connectivity index (χ3v) is 2.45. The molecule has 0 unspecified atom stereocenters. The number of alkyl halides is 3. The summed E-state index contributed by atoms with van der Waals surface area (Å²) in [5.74, 6) is 0.991. The molecule has 1 N–H and O–H groups in total. The van der Waals surface area contributed by atoms with E-state index in [2.05, 4.69) is 4.74 Å². The smallest absolute Gasteiger partial charge is 0.411 e. The molecule has 0 aliphatic carbocycles. The van der Waals surface area contributed by atoms with Crippen LogP contribution >= 0.6 is 0 Å². The van der Waals surface area contributed by atoms with Gasteiger partial charge >= 0.3 is 6.18 Å². The van der Waals surface area contributed by atoms with Gasteiger partial charge in [-0.2, -0.15) is 13.2 Å². The van der Waals surface area contributed by atoms with Crippen LogP contribution in [0.1, 0.15) is 18.9 Å². The summed E-state index contributed by atoms with van der Waals surface area (Å²) in [6.07, 6.45) is -3.97. The Bertz CT molecular complexity index is 421. The van der Waals surface area contributed by atoms with Crippen molar-refractivity contribution in [2.75, 3.05) is 26.4 Å². The third-order valence-electron chi connectivity index (χ3n) is 2.45. The molecule has 1 aromatic rings. The molecule has 7 heteroatoms. The van der Waals surface area contributed by atoms with Crippen molar-refractivity contribution in [3.63, 3.8) is 0 Å². The van der Waals surface area contributed by atoms with Crippen LogP contribution in [0.5, 0.6) is 11.5 Å². The van der Waals surface area contributed by atoms with Crippen LogP contribution in [-0.2, 0) is 11.3 Å². The Morgan fingerprint density at radius 1 is 1.10 bits per heavy atom. The number of aliphatic hydroxyl groups excluding tert-OH is 1. The quantitative estimate of drug-likeness (QED) is 0.713. The summed E-state index contributed by atoms with van der Waals surface area (Å²) in [5.41, 5.74) is 0.694. The molecule has 4 nitrogen and oxygen atoms in total. The summed E-state index contributed by atoms with van der Waals surface area (Å²) < 4.78 is 50.9. The molecule has 0 bridgehead atoms. The molecule has 0 aliphatic rings. The fourth-order valence-corrected chi connectivity index (χ4v) is 1.57. The molecule has 0 atom stereocenters. The normalized spacial score (nSPS) is 11.5. The number of rotatable bonds is 9. The van der Waals surface area contributed by atoms with Crippen LogP contribution in [0.2, 0.25) is 0 Å². The zero-order chi connectivity index (χ0) is 15.7. The third kappa shape index (κ3) is 7.19. The molecule has 0 saturated carbocycles. The van der Waals surface area contributed by atoms with E-state index in [0.29, 0.717) is 30.1 Å². The highest BCUT2D eigenvalue weighted by Gasteiger charge is 2.27. The second-order valence-electron chi connectivity index (χ2n) is 4.24. The van der Waals surface area contributed by atoms with Gasteiger partial charge in [0, 0.05) is 6.42 Å². The number of halogens is 3. The van der Waals surface area contributed by atoms with E-state index in [0.717, 1.165) is 0 Å². The number of hydrogen-bond acceptors (Lipinski definition) is 4. The van der Waals surface area contributed by atoms with E-state index in [-0.39, 0.29) is 19.8 Å². The lowest BCUT2D eigenvalue weighted by Gasteiger charge is -2.13. The molecule has 0 spiro atoms. The topological polar surface area (TPSA) is 47.9 Å². The van der Waals surface area contributed by atoms with Crippen molar-refractivity contribution in [1.29, 1.82) is 0 Å². The van der Waals surface area contributed by atoms with Gasteiger partial charge in [0.05, 0.1) is 26.4 Å². The van der Waals surface area contributed by atoms with E-state index >= 15 is 0 Å². The molecule has 0 fully saturated rings. The van der Waals surface area contributed by atoms with Gasteiger partial charge in [-0.1, -0.05) is 6.07 Å². The largest absolute Gasteiger partial charge is 0.490 e. The van der Waals surface area contributed by atoms with Gasteiger partial charge in [-0.25, -0.2) is 0 Å². The SMILES string of the molecule is CCOc1cc(CO)ccc1OCCCOCC(F)(F)F. The van der Waals surface area contributed by atoms with E-state index in [9.17, 15) is 13.2 Å². The first-order chi connectivity index (χ1) is 9.96. The highest BCUT2D eigenvalue weighted by atomic mass is 19.4. The van der Waals surface area contributed by atoms with Crippen LogP contribution in [-0.4, -0.2) is 37.7 Å². The maximum Gasteiger partial charge on any atom is 0.411 e. The molecule has 0 aliphatic heterocycles. The predicted molar refractivity (Wildman–Crippen MR) is 70.5 cm³/mol. The van der Waals surface area contributed by atoms with Crippen LogP contribution in [0.15, 0.2) is 18.2 Å². The molecule has 0 aromatic heterocycles. The predicted octanol–water partition coefficient (Wildman–Crippen LogP) is 2.93. The van der Waals surface area contributed by atoms with Gasteiger partial charge in [-0.05, 0) is 24.6 Å². The highest BCUT2D eigenvalue weighted by Crippen LogP contribution is 2.28. The standard InChI is InChI=1S/C14H19F3O4/c1-2-20-13-8-11(9-18)4-5-12(13)21-7-3-6-19-10-14(15,16)17/h4-5,8,18H,2-3,6-7,9-10H2,1H3. The molecule has 0 heterocycles. The van der Waals surface area contributed by atoms with Crippen molar-refractivity contribution in [2.45, 2.75) is 26.1 Å². The minimum absolute atomic E-state index is 0.0296. The van der Waals surface area contributed by atoms with Crippen LogP contribution in [0.4, 0.5) is 13.2 Å². The van der Waals surface area contributed by atoms with Gasteiger partial charge in [0.15, 0.2) is 11.5 Å². The van der Waals surface area contributed by atoms with Crippen molar-refractivity contribution in [2.24, 2.45) is 0 Å². The fourth-order valence-electron chi connectivity index (χ4n) is 1.57. The van der Waals surface area contributed by atoms with Crippen molar-refractivity contribution >= 4 is 0 Å². The Kier molecular flexibility index (Phi) is 7.31. The number of aliphatic hydroxyl groups is 1. The molecule has 1 aromatic carbocycles. The molecule has 21 heavy (non-hydrogen) atoms. The monoisotopic (exact) mass is 308 g/mol. The number of ether oxygens (including phenoxy) is 3. The molecule has 0 saturated heterocycles. The Labute approximate surface area is 121 Å². The van der Waals surface area contributed by atoms with E-state index in [1.807, 2.05) is 6.92 Å². The van der Waals surface area contributed by atoms with Gasteiger partial charge in [-0.15, -0.1) is 0 Å². The lowest BCUT2D eigenvalue weighted by molar-refractivity contribution is -0.174. The van der Waals surface area contributed by atoms with Gasteiger partial charge in [0.1, 0.15) is 6.61 Å². The Morgan fingerprint density at radius 3 is 2.48 bits per heavy atom. The number of benzene rings is 1. The Morgan fingerprint density at radius 2 is 1.86 bits per heavy atom. The Hall–Kier alpha value is -1.47. The number of hydrogen-bond donors (Lipinski definition) is 1. The summed E-state index contributed by atoms with van der Waals surface area (Å²) in [7, 11) is 0. The van der Waals surface area contributed by atoms with E-state index in [1.165, 1.54) is 0 Å². The minimum Gasteiger partial charge on any atom is -0.490 e. The lowest BCUT2D eigenvalue weighted by Crippen LogP contribution is -2.18. The first kappa shape index (κ1) is 17.6. The summed E-state index contributed by atoms with van der Waals surface area (Å²) in [5, 5.41) is 9.06. The molecule has 1 rings (SSSR count). The van der Waals surface area contributed by atoms with Gasteiger partial charge in [0.25, 0.3) is 0 Å². The van der Waals surface area contributed by atoms with Crippen LogP contribution < -0.4 is 9.47 Å². The minimum atomic E-state index is -4.30. The fraction of sp³-hybridized carbons (Fsp3) is 0.571. The maximum absolute atomic E-state index is 11.8. The van der Waals surface area contributed by atoms with E-state index in [4.69, 9.17) is 14.6 Å². The second kappa shape index (κ2) is 8.74. The molecule has 0 amide bonds. The lowest BCUT2D eigenvalue weighted by atomic mass is 10.2. The van der Waals surface area contributed by atoms with Crippen LogP contribution in [0.25, 0.3) is 0 Å². The average Bonchev–Trinajstić information content (AvgIpc) is 2.43. The zero-order valence-electron chi connectivity index (χ0n) is 11.8. The van der Waals surface area contributed by atoms with Gasteiger partial charge in [-0.3, -0.25) is 0 Å². The van der Waals surface area contributed by atoms with Crippen molar-refractivity contribution in [3.8, 4) is 11.5 Å². The summed E-state index contributed by atoms with van der Waals surface area (Å²) >= 11 is 0. The highest BCUT2D eigenvalue weighted by molar-refractivity contribution is 5.42. The maximum atomic E-state index is 11.8. The summed E-state index contributed by atoms with van der Waals surface area (Å²) in [4.78, 5) is 0. The van der Waals surface area contributed by atoms with Crippen LogP contribution in [0, 0.1) is 0 Å². The summed E-state index contributed by atoms with van der Waals surface area (Å²) in [6.45, 7) is 1.10. The molecule has 120 valence electrons. The zero-order valence-corrected chi connectivity index (χ0v) is 11.8. The Balaban J connectivity index is 2.37. The molecule has 0 radical (unpaired) electrons. The van der Waals surface area contributed by atoms with Gasteiger partial charge in [0.2, 0.25) is 0 Å². The van der Waals surface area contributed by atoms with Gasteiger partial charge < -0.3 is 19.3 Å². The van der Waals surface area contributed by atoms with Crippen LogP contribution in [0.3, 0.4) is 0 Å².